The van der Waals surface area contributed by atoms with Gasteiger partial charge in [-0.15, -0.1) is 11.3 Å². The third kappa shape index (κ3) is 1.74. The monoisotopic (exact) mass is 235 g/mol. The summed E-state index contributed by atoms with van der Waals surface area (Å²) in [6.07, 6.45) is 1.60. The molecule has 16 heavy (non-hydrogen) atoms. The average Bonchev–Trinajstić information content (AvgIpc) is 2.74. The third-order valence-electron chi connectivity index (χ3n) is 2.17. The minimum atomic E-state index is -0.571. The highest BCUT2D eigenvalue weighted by atomic mass is 32.1. The Bertz CT molecular complexity index is 490. The molecule has 1 aromatic rings. The number of nitrogens with zero attached hydrogens (tertiary/aromatic N) is 1. The fourth-order valence-electron chi connectivity index (χ4n) is 1.29. The molecule has 6 heteroatoms. The highest BCUT2D eigenvalue weighted by molar-refractivity contribution is 7.10. The van der Waals surface area contributed by atoms with Crippen LogP contribution in [0.2, 0.25) is 0 Å². The number of carbonyl (C=O) groups excluding carboxylic acids is 2. The second kappa shape index (κ2) is 3.90. The topological polar surface area (TPSA) is 73.3 Å². The van der Waals surface area contributed by atoms with Gasteiger partial charge in [-0.05, 0) is 17.5 Å². The van der Waals surface area contributed by atoms with Gasteiger partial charge in [-0.25, -0.2) is 4.79 Å². The smallest absolute Gasteiger partial charge is 0.292 e. The molecule has 3 amide bonds. The van der Waals surface area contributed by atoms with E-state index in [4.69, 9.17) is 5.41 Å². The highest BCUT2D eigenvalue weighted by Gasteiger charge is 2.30. The number of amides is 3. The quantitative estimate of drug-likeness (QED) is 0.720. The Morgan fingerprint density at radius 2 is 2.25 bits per heavy atom. The van der Waals surface area contributed by atoms with E-state index < -0.39 is 11.9 Å². The van der Waals surface area contributed by atoms with Crippen molar-refractivity contribution in [2.24, 2.45) is 0 Å². The summed E-state index contributed by atoms with van der Waals surface area (Å²) < 4.78 is 0. The number of likely N-dealkylation sites (N-methyl/N-ethyl adjacent to an activating group) is 1. The SMILES string of the molecule is CN1C(=O)NC(=N)C(=Cc2cccs2)C1=O. The fourth-order valence-corrected chi connectivity index (χ4v) is 1.94. The minimum absolute atomic E-state index is 0.151. The molecule has 0 bridgehead atoms. The van der Waals surface area contributed by atoms with E-state index in [0.29, 0.717) is 0 Å². The van der Waals surface area contributed by atoms with Crippen LogP contribution in [0.15, 0.2) is 23.1 Å². The lowest BCUT2D eigenvalue weighted by molar-refractivity contribution is -0.123. The zero-order valence-corrected chi connectivity index (χ0v) is 9.30. The molecule has 1 aromatic heterocycles. The Balaban J connectivity index is 2.37. The summed E-state index contributed by atoms with van der Waals surface area (Å²) in [6, 6.07) is 3.13. The first-order valence-corrected chi connectivity index (χ1v) is 5.40. The summed E-state index contributed by atoms with van der Waals surface area (Å²) in [5, 5.41) is 11.7. The van der Waals surface area contributed by atoms with Crippen molar-refractivity contribution < 1.29 is 9.59 Å². The van der Waals surface area contributed by atoms with E-state index in [0.717, 1.165) is 9.78 Å². The van der Waals surface area contributed by atoms with Crippen molar-refractivity contribution in [1.29, 1.82) is 5.41 Å². The molecule has 2 N–H and O–H groups in total. The summed E-state index contributed by atoms with van der Waals surface area (Å²) in [5.41, 5.74) is 0.199. The van der Waals surface area contributed by atoms with E-state index in [-0.39, 0.29) is 11.4 Å². The van der Waals surface area contributed by atoms with Crippen molar-refractivity contribution in [2.75, 3.05) is 7.05 Å². The summed E-state index contributed by atoms with van der Waals surface area (Å²) in [4.78, 5) is 24.8. The molecule has 2 heterocycles. The zero-order valence-electron chi connectivity index (χ0n) is 8.48. The standard InChI is InChI=1S/C10H9N3O2S/c1-13-9(14)7(8(11)12-10(13)15)5-6-3-2-4-16-6/h2-5H,1H3,(H2,11,12,15). The van der Waals surface area contributed by atoms with Crippen LogP contribution in [0, 0.1) is 5.41 Å². The Hall–Kier alpha value is -1.95. The van der Waals surface area contributed by atoms with Gasteiger partial charge in [0.15, 0.2) is 0 Å². The van der Waals surface area contributed by atoms with Gasteiger partial charge >= 0.3 is 6.03 Å². The Morgan fingerprint density at radius 3 is 2.88 bits per heavy atom. The third-order valence-corrected chi connectivity index (χ3v) is 2.99. The number of urea groups is 1. The number of thiophene rings is 1. The first-order chi connectivity index (χ1) is 7.59. The maximum atomic E-state index is 11.7. The first kappa shape index (κ1) is 10.6. The van der Waals surface area contributed by atoms with Crippen LogP contribution >= 0.6 is 11.3 Å². The van der Waals surface area contributed by atoms with Gasteiger partial charge in [0.1, 0.15) is 5.84 Å². The second-order valence-corrected chi connectivity index (χ2v) is 4.22. The Morgan fingerprint density at radius 1 is 1.50 bits per heavy atom. The van der Waals surface area contributed by atoms with Crippen LogP contribution < -0.4 is 5.32 Å². The lowest BCUT2D eigenvalue weighted by Gasteiger charge is -2.23. The number of carbonyl (C=O) groups is 2. The molecule has 1 fully saturated rings. The normalized spacial score (nSPS) is 19.2. The molecule has 0 saturated carbocycles. The van der Waals surface area contributed by atoms with Crippen molar-refractivity contribution in [3.05, 3.63) is 28.0 Å². The number of hydrogen-bond acceptors (Lipinski definition) is 4. The van der Waals surface area contributed by atoms with Crippen LogP contribution in [0.4, 0.5) is 4.79 Å². The van der Waals surface area contributed by atoms with Crippen LogP contribution in [-0.4, -0.2) is 29.7 Å². The Kier molecular flexibility index (Phi) is 2.57. The molecular formula is C10H9N3O2S. The van der Waals surface area contributed by atoms with Crippen LogP contribution in [0.3, 0.4) is 0 Å². The van der Waals surface area contributed by atoms with Crippen LogP contribution in [0.5, 0.6) is 0 Å². The van der Waals surface area contributed by atoms with Crippen LogP contribution in [0.1, 0.15) is 4.88 Å². The number of rotatable bonds is 1. The maximum absolute atomic E-state index is 11.7. The van der Waals surface area contributed by atoms with E-state index in [9.17, 15) is 9.59 Å². The summed E-state index contributed by atoms with van der Waals surface area (Å²) in [6.45, 7) is 0. The van der Waals surface area contributed by atoms with Gasteiger partial charge in [-0.3, -0.25) is 20.4 Å². The summed E-state index contributed by atoms with van der Waals surface area (Å²) >= 11 is 1.47. The molecule has 0 unspecified atom stereocenters. The van der Waals surface area contributed by atoms with Crippen molar-refractivity contribution in [3.63, 3.8) is 0 Å². The highest BCUT2D eigenvalue weighted by Crippen LogP contribution is 2.16. The molecular weight excluding hydrogens is 226 g/mol. The van der Waals surface area contributed by atoms with Crippen molar-refractivity contribution >= 4 is 35.2 Å². The minimum Gasteiger partial charge on any atom is -0.292 e. The van der Waals surface area contributed by atoms with Crippen molar-refractivity contribution in [2.45, 2.75) is 0 Å². The van der Waals surface area contributed by atoms with Gasteiger partial charge in [-0.1, -0.05) is 6.07 Å². The number of nitrogens with one attached hydrogen (secondary N) is 2. The van der Waals surface area contributed by atoms with Gasteiger partial charge in [0.05, 0.1) is 5.57 Å². The molecule has 0 spiro atoms. The zero-order chi connectivity index (χ0) is 11.7. The number of amidine groups is 1. The van der Waals surface area contributed by atoms with Crippen molar-refractivity contribution in [1.82, 2.24) is 10.2 Å². The molecule has 1 aliphatic heterocycles. The van der Waals surface area contributed by atoms with E-state index >= 15 is 0 Å². The van der Waals surface area contributed by atoms with Gasteiger partial charge < -0.3 is 0 Å². The van der Waals surface area contributed by atoms with Gasteiger partial charge in [0.25, 0.3) is 5.91 Å². The first-order valence-electron chi connectivity index (χ1n) is 4.53. The van der Waals surface area contributed by atoms with Crippen LogP contribution in [-0.2, 0) is 4.79 Å². The molecule has 5 nitrogen and oxygen atoms in total. The molecule has 82 valence electrons. The molecule has 0 aromatic carbocycles. The summed E-state index contributed by atoms with van der Waals surface area (Å²) in [5.74, 6) is -0.608. The van der Waals surface area contributed by atoms with Crippen LogP contribution in [0.25, 0.3) is 6.08 Å². The van der Waals surface area contributed by atoms with E-state index in [1.807, 2.05) is 17.5 Å². The average molecular weight is 235 g/mol. The van der Waals surface area contributed by atoms with Gasteiger partial charge in [0, 0.05) is 11.9 Å². The lowest BCUT2D eigenvalue weighted by atomic mass is 10.1. The molecule has 2 rings (SSSR count). The predicted molar refractivity (Wildman–Crippen MR) is 61.3 cm³/mol. The largest absolute Gasteiger partial charge is 0.329 e. The number of hydrogen-bond donors (Lipinski definition) is 2. The lowest BCUT2D eigenvalue weighted by Crippen LogP contribution is -2.51. The van der Waals surface area contributed by atoms with Gasteiger partial charge in [0.2, 0.25) is 0 Å². The molecule has 0 radical (unpaired) electrons. The number of imide groups is 1. The fraction of sp³-hybridized carbons (Fsp3) is 0.100. The van der Waals surface area contributed by atoms with E-state index in [1.54, 1.807) is 6.08 Å². The predicted octanol–water partition coefficient (Wildman–Crippen LogP) is 1.29. The van der Waals surface area contributed by atoms with E-state index in [2.05, 4.69) is 5.32 Å². The molecule has 0 atom stereocenters. The molecule has 1 saturated heterocycles. The molecule has 0 aliphatic carbocycles. The Labute approximate surface area is 95.9 Å². The summed E-state index contributed by atoms with van der Waals surface area (Å²) in [7, 11) is 1.38. The van der Waals surface area contributed by atoms with E-state index in [1.165, 1.54) is 18.4 Å². The van der Waals surface area contributed by atoms with Crippen molar-refractivity contribution in [3.8, 4) is 0 Å². The molecule has 1 aliphatic rings. The van der Waals surface area contributed by atoms with Gasteiger partial charge in [-0.2, -0.15) is 0 Å². The second-order valence-electron chi connectivity index (χ2n) is 3.24. The maximum Gasteiger partial charge on any atom is 0.329 e.